The number of aryl methyl sites for hydroxylation is 1. The molecular weight excluding hydrogens is 426 g/mol. The largest absolute Gasteiger partial charge is 0.479 e. The lowest BCUT2D eigenvalue weighted by atomic mass is 9.99. The molecule has 0 aliphatic heterocycles. The number of ether oxygens (including phenoxy) is 1. The average Bonchev–Trinajstić information content (AvgIpc) is 2.74. The highest BCUT2D eigenvalue weighted by Crippen LogP contribution is 2.31. The number of nitrogens with one attached hydrogen (secondary N) is 1. The highest BCUT2D eigenvalue weighted by Gasteiger charge is 2.22. The minimum Gasteiger partial charge on any atom is -0.479 e. The number of carboxylic acid groups (broad SMARTS) is 1. The molecule has 0 radical (unpaired) electrons. The summed E-state index contributed by atoms with van der Waals surface area (Å²) < 4.78 is 62.9. The summed E-state index contributed by atoms with van der Waals surface area (Å²) in [5.74, 6) is -4.96. The van der Waals surface area contributed by atoms with Crippen LogP contribution in [0.3, 0.4) is 0 Å². The van der Waals surface area contributed by atoms with E-state index in [1.54, 1.807) is 26.0 Å². The predicted octanol–water partition coefficient (Wildman–Crippen LogP) is 6.07. The second-order valence-corrected chi connectivity index (χ2v) is 7.24. The molecule has 8 heteroatoms. The Morgan fingerprint density at radius 3 is 2.47 bits per heavy atom. The first-order valence-electron chi connectivity index (χ1n) is 9.87. The molecule has 0 aliphatic rings. The van der Waals surface area contributed by atoms with Crippen molar-refractivity contribution in [2.75, 3.05) is 5.32 Å². The van der Waals surface area contributed by atoms with Gasteiger partial charge in [0.25, 0.3) is 0 Å². The van der Waals surface area contributed by atoms with Crippen LogP contribution in [0.15, 0.2) is 48.5 Å². The van der Waals surface area contributed by atoms with E-state index in [-0.39, 0.29) is 24.1 Å². The number of benzene rings is 3. The summed E-state index contributed by atoms with van der Waals surface area (Å²) in [6.45, 7) is 3.00. The zero-order chi connectivity index (χ0) is 23.4. The minimum atomic E-state index is -1.30. The Hall–Kier alpha value is -3.55. The molecule has 0 heterocycles. The monoisotopic (exact) mass is 447 g/mol. The molecule has 0 fully saturated rings. The van der Waals surface area contributed by atoms with E-state index in [1.807, 2.05) is 0 Å². The number of anilines is 1. The van der Waals surface area contributed by atoms with Crippen LogP contribution in [0.5, 0.6) is 5.75 Å². The van der Waals surface area contributed by atoms with Crippen LogP contribution in [-0.4, -0.2) is 17.2 Å². The van der Waals surface area contributed by atoms with E-state index in [0.717, 1.165) is 12.1 Å². The Bertz CT molecular complexity index is 1150. The van der Waals surface area contributed by atoms with E-state index in [9.17, 15) is 18.0 Å². The average molecular weight is 447 g/mol. The molecule has 4 nitrogen and oxygen atoms in total. The van der Waals surface area contributed by atoms with E-state index in [4.69, 9.17) is 9.84 Å². The van der Waals surface area contributed by atoms with Gasteiger partial charge in [0.05, 0.1) is 0 Å². The van der Waals surface area contributed by atoms with Gasteiger partial charge in [-0.2, -0.15) is 0 Å². The first kappa shape index (κ1) is 23.1. The summed E-state index contributed by atoms with van der Waals surface area (Å²) >= 11 is 0. The van der Waals surface area contributed by atoms with Gasteiger partial charge in [0.2, 0.25) is 0 Å². The van der Waals surface area contributed by atoms with Crippen LogP contribution in [0.2, 0.25) is 0 Å². The third-order valence-electron chi connectivity index (χ3n) is 4.85. The second kappa shape index (κ2) is 9.72. The molecule has 0 saturated heterocycles. The fraction of sp³-hybridized carbons (Fsp3) is 0.208. The molecular formula is C24H21F4NO3. The van der Waals surface area contributed by atoms with Crippen molar-refractivity contribution in [3.8, 4) is 16.9 Å². The third-order valence-corrected chi connectivity index (χ3v) is 4.85. The molecule has 1 unspecified atom stereocenters. The van der Waals surface area contributed by atoms with E-state index in [0.29, 0.717) is 11.1 Å². The van der Waals surface area contributed by atoms with Gasteiger partial charge in [0, 0.05) is 17.7 Å². The molecule has 32 heavy (non-hydrogen) atoms. The Balaban J connectivity index is 1.90. The smallest absolute Gasteiger partial charge is 0.344 e. The van der Waals surface area contributed by atoms with E-state index in [1.165, 1.54) is 24.3 Å². The molecule has 3 aromatic carbocycles. The molecule has 2 N–H and O–H groups in total. The standard InChI is InChI=1S/C24H21F4NO3/c1-3-19(24(30)31)32-20-8-7-18(26)23(22(20)28)29-12-15-9-13(2)10-17(21(15)27)14-5-4-6-16(25)11-14/h4-11,19,29H,3,12H2,1-2H3,(H,30,31). The predicted molar refractivity (Wildman–Crippen MR) is 113 cm³/mol. The van der Waals surface area contributed by atoms with Crippen LogP contribution in [0, 0.1) is 30.2 Å². The third kappa shape index (κ3) is 5.01. The van der Waals surface area contributed by atoms with Crippen molar-refractivity contribution in [3.05, 3.63) is 82.9 Å². The van der Waals surface area contributed by atoms with Gasteiger partial charge in [-0.3, -0.25) is 0 Å². The van der Waals surface area contributed by atoms with Gasteiger partial charge in [0.15, 0.2) is 17.7 Å². The Labute approximate surface area is 182 Å². The zero-order valence-corrected chi connectivity index (χ0v) is 17.4. The summed E-state index contributed by atoms with van der Waals surface area (Å²) in [7, 11) is 0. The van der Waals surface area contributed by atoms with E-state index >= 15 is 4.39 Å². The van der Waals surface area contributed by atoms with Gasteiger partial charge < -0.3 is 15.2 Å². The summed E-state index contributed by atoms with van der Waals surface area (Å²) in [4.78, 5) is 11.1. The number of carboxylic acids is 1. The van der Waals surface area contributed by atoms with Gasteiger partial charge in [-0.1, -0.05) is 25.1 Å². The van der Waals surface area contributed by atoms with Gasteiger partial charge in [0.1, 0.15) is 23.1 Å². The quantitative estimate of drug-likeness (QED) is 0.412. The van der Waals surface area contributed by atoms with Crippen LogP contribution < -0.4 is 10.1 Å². The van der Waals surface area contributed by atoms with Crippen molar-refractivity contribution < 1.29 is 32.2 Å². The molecule has 3 rings (SSSR count). The number of carbonyl (C=O) groups is 1. The van der Waals surface area contributed by atoms with Gasteiger partial charge in [-0.25, -0.2) is 22.4 Å². The van der Waals surface area contributed by atoms with E-state index in [2.05, 4.69) is 5.32 Å². The van der Waals surface area contributed by atoms with Crippen molar-refractivity contribution in [1.29, 1.82) is 0 Å². The molecule has 0 spiro atoms. The number of rotatable bonds is 8. The van der Waals surface area contributed by atoms with Crippen molar-refractivity contribution in [1.82, 2.24) is 0 Å². The van der Waals surface area contributed by atoms with Crippen LogP contribution in [-0.2, 0) is 11.3 Å². The lowest BCUT2D eigenvalue weighted by molar-refractivity contribution is -0.145. The van der Waals surface area contributed by atoms with E-state index < -0.39 is 46.8 Å². The summed E-state index contributed by atoms with van der Waals surface area (Å²) in [6, 6.07) is 10.5. The molecule has 0 saturated carbocycles. The lowest BCUT2D eigenvalue weighted by Crippen LogP contribution is -2.26. The summed E-state index contributed by atoms with van der Waals surface area (Å²) in [5.41, 5.74) is 0.709. The first-order valence-corrected chi connectivity index (χ1v) is 9.87. The van der Waals surface area contributed by atoms with Crippen molar-refractivity contribution in [2.45, 2.75) is 32.9 Å². The highest BCUT2D eigenvalue weighted by molar-refractivity contribution is 5.72. The van der Waals surface area contributed by atoms with Crippen LogP contribution >= 0.6 is 0 Å². The molecule has 3 aromatic rings. The maximum atomic E-state index is 15.1. The Kier molecular flexibility index (Phi) is 7.02. The van der Waals surface area contributed by atoms with Crippen LogP contribution in [0.25, 0.3) is 11.1 Å². The molecule has 168 valence electrons. The minimum absolute atomic E-state index is 0.0757. The molecule has 0 aliphatic carbocycles. The van der Waals surface area contributed by atoms with Crippen molar-refractivity contribution >= 4 is 11.7 Å². The normalized spacial score (nSPS) is 11.8. The molecule has 0 amide bonds. The fourth-order valence-corrected chi connectivity index (χ4v) is 3.27. The van der Waals surface area contributed by atoms with Crippen molar-refractivity contribution in [3.63, 3.8) is 0 Å². The maximum Gasteiger partial charge on any atom is 0.344 e. The van der Waals surface area contributed by atoms with Gasteiger partial charge >= 0.3 is 5.97 Å². The number of aliphatic carboxylic acids is 1. The fourth-order valence-electron chi connectivity index (χ4n) is 3.27. The first-order chi connectivity index (χ1) is 15.2. The number of halogens is 4. The molecule has 1 atom stereocenters. The van der Waals surface area contributed by atoms with Crippen LogP contribution in [0.4, 0.5) is 23.2 Å². The second-order valence-electron chi connectivity index (χ2n) is 7.24. The maximum absolute atomic E-state index is 15.1. The summed E-state index contributed by atoms with van der Waals surface area (Å²) in [6.07, 6.45) is -1.22. The Morgan fingerprint density at radius 2 is 1.81 bits per heavy atom. The van der Waals surface area contributed by atoms with Crippen LogP contribution in [0.1, 0.15) is 24.5 Å². The number of hydrogen-bond donors (Lipinski definition) is 2. The number of hydrogen-bond acceptors (Lipinski definition) is 3. The molecule has 0 bridgehead atoms. The van der Waals surface area contributed by atoms with Crippen molar-refractivity contribution in [2.24, 2.45) is 0 Å². The SMILES string of the molecule is CCC(Oc1ccc(F)c(NCc2cc(C)cc(-c3cccc(F)c3)c2F)c1F)C(=O)O. The lowest BCUT2D eigenvalue weighted by Gasteiger charge is -2.17. The zero-order valence-electron chi connectivity index (χ0n) is 17.4. The molecule has 0 aromatic heterocycles. The topological polar surface area (TPSA) is 58.6 Å². The van der Waals surface area contributed by atoms with Gasteiger partial charge in [-0.05, 0) is 54.8 Å². The highest BCUT2D eigenvalue weighted by atomic mass is 19.1. The Morgan fingerprint density at radius 1 is 1.06 bits per heavy atom. The van der Waals surface area contributed by atoms with Gasteiger partial charge in [-0.15, -0.1) is 0 Å². The summed E-state index contributed by atoms with van der Waals surface area (Å²) in [5, 5.41) is 11.6.